The Labute approximate surface area is 135 Å². The summed E-state index contributed by atoms with van der Waals surface area (Å²) in [6.45, 7) is 2.50. The molecule has 2 aromatic rings. The summed E-state index contributed by atoms with van der Waals surface area (Å²) < 4.78 is 12.2. The lowest BCUT2D eigenvalue weighted by Gasteiger charge is -2.00. The second-order valence-corrected chi connectivity index (χ2v) is 3.98. The number of hydrogen-bond donors (Lipinski definition) is 0. The molecule has 0 aliphatic rings. The summed E-state index contributed by atoms with van der Waals surface area (Å²) >= 11 is 0. The summed E-state index contributed by atoms with van der Waals surface area (Å²) in [6, 6.07) is 3.86. The third kappa shape index (κ3) is 4.49. The molecule has 0 saturated heterocycles. The number of halogens is 1. The van der Waals surface area contributed by atoms with Gasteiger partial charge in [0.1, 0.15) is 13.7 Å². The first-order chi connectivity index (χ1) is 9.31. The van der Waals surface area contributed by atoms with E-state index >= 15 is 0 Å². The van der Waals surface area contributed by atoms with Gasteiger partial charge in [-0.1, -0.05) is 12.8 Å². The van der Waals surface area contributed by atoms with Crippen molar-refractivity contribution >= 4 is 0 Å². The van der Waals surface area contributed by atoms with Crippen LogP contribution in [0.15, 0.2) is 29.2 Å². The second-order valence-electron chi connectivity index (χ2n) is 3.98. The van der Waals surface area contributed by atoms with E-state index in [4.69, 9.17) is 9.37 Å². The van der Waals surface area contributed by atoms with Gasteiger partial charge in [-0.05, 0) is 16.4 Å². The Morgan fingerprint density at radius 2 is 2.20 bits per heavy atom. The van der Waals surface area contributed by atoms with E-state index in [1.807, 2.05) is 43.1 Å². The van der Waals surface area contributed by atoms with Gasteiger partial charge in [0.25, 0.3) is 5.88 Å². The molecule has 106 valence electrons. The van der Waals surface area contributed by atoms with E-state index in [-0.39, 0.29) is 24.0 Å². The minimum absolute atomic E-state index is 0. The number of pyridine rings is 1. The van der Waals surface area contributed by atoms with Gasteiger partial charge in [-0.3, -0.25) is 0 Å². The fraction of sp³-hybridized carbons (Fsp3) is 0.357. The Morgan fingerprint density at radius 1 is 1.35 bits per heavy atom. The van der Waals surface area contributed by atoms with Crippen LogP contribution >= 0.6 is 0 Å². The maximum Gasteiger partial charge on any atom is 0.284 e. The van der Waals surface area contributed by atoms with Gasteiger partial charge in [-0.2, -0.15) is 0 Å². The van der Waals surface area contributed by atoms with E-state index < -0.39 is 0 Å². The second kappa shape index (κ2) is 8.53. The van der Waals surface area contributed by atoms with Crippen LogP contribution in [0.5, 0.6) is 5.88 Å². The lowest BCUT2D eigenvalue weighted by atomic mass is 10.2. The Balaban J connectivity index is 0.00000200. The zero-order valence-electron chi connectivity index (χ0n) is 11.5. The van der Waals surface area contributed by atoms with Crippen LogP contribution in [-0.2, 0) is 7.05 Å². The molecule has 2 rings (SSSR count). The highest BCUT2D eigenvalue weighted by molar-refractivity contribution is 5.61. The minimum Gasteiger partial charge on any atom is -1.00 e. The Hall–Kier alpha value is -1.62. The summed E-state index contributed by atoms with van der Waals surface area (Å²) in [5, 5.41) is 7.66. The highest BCUT2D eigenvalue weighted by Crippen LogP contribution is 2.24. The molecule has 0 aliphatic heterocycles. The predicted octanol–water partition coefficient (Wildman–Crippen LogP) is -1.25. The van der Waals surface area contributed by atoms with Crippen LogP contribution in [0.2, 0.25) is 0 Å². The predicted molar refractivity (Wildman–Crippen MR) is 69.1 cm³/mol. The normalized spacial score (nSPS) is 9.30. The molecular formula is C14H16IN3O2. The number of ether oxygens (including phenoxy) is 1. The van der Waals surface area contributed by atoms with E-state index in [0.29, 0.717) is 24.6 Å². The third-order valence-corrected chi connectivity index (χ3v) is 2.44. The van der Waals surface area contributed by atoms with Crippen LogP contribution in [0, 0.1) is 11.8 Å². The quantitative estimate of drug-likeness (QED) is 0.286. The third-order valence-electron chi connectivity index (χ3n) is 2.44. The molecule has 0 bridgehead atoms. The Bertz CT molecular complexity index is 602. The fourth-order valence-corrected chi connectivity index (χ4v) is 1.59. The molecule has 2 heterocycles. The summed E-state index contributed by atoms with van der Waals surface area (Å²) in [5.74, 6) is 6.40. The van der Waals surface area contributed by atoms with Crippen molar-refractivity contribution in [3.05, 3.63) is 24.5 Å². The maximum atomic E-state index is 5.54. The lowest BCUT2D eigenvalue weighted by molar-refractivity contribution is -0.671. The van der Waals surface area contributed by atoms with E-state index in [1.54, 1.807) is 0 Å². The van der Waals surface area contributed by atoms with Gasteiger partial charge >= 0.3 is 0 Å². The first kappa shape index (κ1) is 16.4. The standard InChI is InChI=1S/C14H16N3O2.HI/c1-3-4-5-6-10-18-14-13(15-19-16-14)12-8-7-9-17(2)11-12;/h7-9,11H,3,6,10H2,1-2H3;1H/q+1;/p-1. The Kier molecular flexibility index (Phi) is 7.01. The monoisotopic (exact) mass is 385 g/mol. The topological polar surface area (TPSA) is 52.0 Å². The van der Waals surface area contributed by atoms with Crippen molar-refractivity contribution in [3.8, 4) is 29.0 Å². The smallest absolute Gasteiger partial charge is 0.284 e. The molecule has 0 amide bonds. The molecule has 0 aromatic carbocycles. The van der Waals surface area contributed by atoms with Crippen LogP contribution in [-0.4, -0.2) is 16.9 Å². The number of rotatable bonds is 4. The molecule has 0 radical (unpaired) electrons. The van der Waals surface area contributed by atoms with Gasteiger partial charge < -0.3 is 28.7 Å². The average Bonchev–Trinajstić information content (AvgIpc) is 2.87. The van der Waals surface area contributed by atoms with Crippen molar-refractivity contribution in [2.75, 3.05) is 6.61 Å². The zero-order valence-corrected chi connectivity index (χ0v) is 13.6. The van der Waals surface area contributed by atoms with Crippen LogP contribution in [0.3, 0.4) is 0 Å². The van der Waals surface area contributed by atoms with Crippen molar-refractivity contribution in [1.82, 2.24) is 10.3 Å². The molecule has 0 N–H and O–H groups in total. The highest BCUT2D eigenvalue weighted by atomic mass is 127. The van der Waals surface area contributed by atoms with Crippen LogP contribution in [0.25, 0.3) is 11.3 Å². The number of hydrogen-bond acceptors (Lipinski definition) is 4. The van der Waals surface area contributed by atoms with Crippen LogP contribution < -0.4 is 33.3 Å². The molecule has 0 atom stereocenters. The molecule has 5 nitrogen and oxygen atoms in total. The Morgan fingerprint density at radius 3 is 2.95 bits per heavy atom. The van der Waals surface area contributed by atoms with Gasteiger partial charge in [-0.15, -0.1) is 5.92 Å². The zero-order chi connectivity index (χ0) is 13.5. The summed E-state index contributed by atoms with van der Waals surface area (Å²) in [7, 11) is 1.94. The summed E-state index contributed by atoms with van der Waals surface area (Å²) in [5.41, 5.74) is 1.51. The minimum atomic E-state index is 0. The number of aryl methyl sites for hydroxylation is 1. The molecule has 0 aliphatic carbocycles. The summed E-state index contributed by atoms with van der Waals surface area (Å²) in [6.07, 6.45) is 5.40. The van der Waals surface area contributed by atoms with E-state index in [2.05, 4.69) is 22.2 Å². The molecular weight excluding hydrogens is 369 g/mol. The molecule has 0 saturated carbocycles. The van der Waals surface area contributed by atoms with Crippen LogP contribution in [0.1, 0.15) is 19.8 Å². The van der Waals surface area contributed by atoms with Crippen molar-refractivity contribution < 1.29 is 37.9 Å². The SMILES string of the molecule is CCC#CCCOc1nonc1-c1ccc[n+](C)c1.[I-]. The lowest BCUT2D eigenvalue weighted by Crippen LogP contribution is -3.00. The molecule has 2 aromatic heterocycles. The van der Waals surface area contributed by atoms with E-state index in [1.165, 1.54) is 0 Å². The molecule has 20 heavy (non-hydrogen) atoms. The number of aromatic nitrogens is 3. The first-order valence-electron chi connectivity index (χ1n) is 6.18. The summed E-state index contributed by atoms with van der Waals surface area (Å²) in [4.78, 5) is 0. The van der Waals surface area contributed by atoms with Gasteiger partial charge in [0, 0.05) is 18.9 Å². The molecule has 0 spiro atoms. The van der Waals surface area contributed by atoms with E-state index in [0.717, 1.165) is 12.0 Å². The van der Waals surface area contributed by atoms with E-state index in [9.17, 15) is 0 Å². The van der Waals surface area contributed by atoms with Crippen molar-refractivity contribution in [3.63, 3.8) is 0 Å². The van der Waals surface area contributed by atoms with Gasteiger partial charge in [-0.25, -0.2) is 9.20 Å². The van der Waals surface area contributed by atoms with Crippen molar-refractivity contribution in [2.24, 2.45) is 7.05 Å². The van der Waals surface area contributed by atoms with Gasteiger partial charge in [0.15, 0.2) is 18.1 Å². The maximum absolute atomic E-state index is 5.54. The average molecular weight is 385 g/mol. The molecule has 6 heteroatoms. The molecule has 0 fully saturated rings. The molecule has 0 unspecified atom stereocenters. The largest absolute Gasteiger partial charge is 1.00 e. The van der Waals surface area contributed by atoms with Crippen LogP contribution in [0.4, 0.5) is 0 Å². The first-order valence-corrected chi connectivity index (χ1v) is 6.18. The highest BCUT2D eigenvalue weighted by Gasteiger charge is 2.15. The fourth-order valence-electron chi connectivity index (χ4n) is 1.59. The van der Waals surface area contributed by atoms with Gasteiger partial charge in [0.05, 0.1) is 5.56 Å². The van der Waals surface area contributed by atoms with Gasteiger partial charge in [0.2, 0.25) is 0 Å². The number of nitrogens with zero attached hydrogens (tertiary/aromatic N) is 3. The van der Waals surface area contributed by atoms with Crippen molar-refractivity contribution in [1.29, 1.82) is 0 Å². The van der Waals surface area contributed by atoms with Crippen molar-refractivity contribution in [2.45, 2.75) is 19.8 Å².